The number of rotatable bonds is 3. The maximum absolute atomic E-state index is 10.0. The SMILES string of the molecule is COC(O)C1=C[C@@H](C#N)CCC=C1N1CCOCC1. The van der Waals surface area contributed by atoms with Crippen LogP contribution in [0.1, 0.15) is 12.8 Å². The Labute approximate surface area is 113 Å². The Morgan fingerprint density at radius 3 is 2.89 bits per heavy atom. The molecule has 0 saturated carbocycles. The Kier molecular flexibility index (Phi) is 4.97. The summed E-state index contributed by atoms with van der Waals surface area (Å²) in [7, 11) is 1.47. The van der Waals surface area contributed by atoms with Crippen molar-refractivity contribution >= 4 is 0 Å². The topological polar surface area (TPSA) is 65.7 Å². The molecule has 2 aliphatic rings. The van der Waals surface area contributed by atoms with Gasteiger partial charge in [-0.1, -0.05) is 12.2 Å². The number of nitrogens with zero attached hydrogens (tertiary/aromatic N) is 2. The van der Waals surface area contributed by atoms with Crippen LogP contribution in [0.2, 0.25) is 0 Å². The van der Waals surface area contributed by atoms with Crippen molar-refractivity contribution in [3.63, 3.8) is 0 Å². The predicted octanol–water partition coefficient (Wildman–Crippen LogP) is 1.03. The van der Waals surface area contributed by atoms with Gasteiger partial charge in [0.15, 0.2) is 6.29 Å². The third-order valence-electron chi connectivity index (χ3n) is 3.50. The summed E-state index contributed by atoms with van der Waals surface area (Å²) in [6.07, 6.45) is 4.56. The summed E-state index contributed by atoms with van der Waals surface area (Å²) < 4.78 is 10.4. The minimum Gasteiger partial charge on any atom is -0.378 e. The summed E-state index contributed by atoms with van der Waals surface area (Å²) in [6.45, 7) is 2.98. The molecule has 1 saturated heterocycles. The fraction of sp³-hybridized carbons (Fsp3) is 0.643. The van der Waals surface area contributed by atoms with Gasteiger partial charge in [0.1, 0.15) is 0 Å². The summed E-state index contributed by atoms with van der Waals surface area (Å²) in [6, 6.07) is 2.26. The molecule has 19 heavy (non-hydrogen) atoms. The normalized spacial score (nSPS) is 25.9. The largest absolute Gasteiger partial charge is 0.378 e. The zero-order valence-electron chi connectivity index (χ0n) is 11.2. The highest BCUT2D eigenvalue weighted by Crippen LogP contribution is 2.27. The molecule has 5 nitrogen and oxygen atoms in total. The standard InChI is InChI=1S/C14H20N2O3/c1-18-14(17)12-9-11(10-15)3-2-4-13(12)16-5-7-19-8-6-16/h4,9,11,14,17H,2-3,5-8H2,1H3/t11-,14?/m0/s1. The molecule has 2 rings (SSSR count). The van der Waals surface area contributed by atoms with Gasteiger partial charge in [0, 0.05) is 31.5 Å². The van der Waals surface area contributed by atoms with Crippen molar-refractivity contribution in [2.24, 2.45) is 5.92 Å². The number of nitriles is 1. The molecular weight excluding hydrogens is 244 g/mol. The van der Waals surface area contributed by atoms with Gasteiger partial charge in [0.05, 0.1) is 25.2 Å². The van der Waals surface area contributed by atoms with Crippen LogP contribution in [0, 0.1) is 17.2 Å². The lowest BCUT2D eigenvalue weighted by molar-refractivity contribution is -0.0466. The molecular formula is C14H20N2O3. The van der Waals surface area contributed by atoms with Crippen molar-refractivity contribution in [1.29, 1.82) is 5.26 Å². The van der Waals surface area contributed by atoms with E-state index in [4.69, 9.17) is 14.7 Å². The molecule has 2 atom stereocenters. The van der Waals surface area contributed by atoms with Crippen LogP contribution >= 0.6 is 0 Å². The molecule has 0 radical (unpaired) electrons. The third-order valence-corrected chi connectivity index (χ3v) is 3.50. The quantitative estimate of drug-likeness (QED) is 0.771. The van der Waals surface area contributed by atoms with Crippen LogP contribution in [0.15, 0.2) is 23.4 Å². The monoisotopic (exact) mass is 264 g/mol. The number of hydrogen-bond acceptors (Lipinski definition) is 5. The van der Waals surface area contributed by atoms with Gasteiger partial charge in [-0.15, -0.1) is 0 Å². The molecule has 5 heteroatoms. The van der Waals surface area contributed by atoms with E-state index in [9.17, 15) is 5.11 Å². The smallest absolute Gasteiger partial charge is 0.182 e. The van der Waals surface area contributed by atoms with E-state index >= 15 is 0 Å². The van der Waals surface area contributed by atoms with Crippen molar-refractivity contribution in [1.82, 2.24) is 4.90 Å². The second-order valence-electron chi connectivity index (χ2n) is 4.71. The maximum atomic E-state index is 10.0. The van der Waals surface area contributed by atoms with Crippen molar-refractivity contribution in [3.05, 3.63) is 23.4 Å². The van der Waals surface area contributed by atoms with Gasteiger partial charge in [0.25, 0.3) is 0 Å². The molecule has 104 valence electrons. The Morgan fingerprint density at radius 2 is 2.26 bits per heavy atom. The van der Waals surface area contributed by atoms with E-state index in [1.807, 2.05) is 6.08 Å². The van der Waals surface area contributed by atoms with Gasteiger partial charge in [-0.3, -0.25) is 0 Å². The Balaban J connectivity index is 2.26. The summed E-state index contributed by atoms with van der Waals surface area (Å²) >= 11 is 0. The summed E-state index contributed by atoms with van der Waals surface area (Å²) in [4.78, 5) is 2.19. The van der Waals surface area contributed by atoms with E-state index in [-0.39, 0.29) is 5.92 Å². The minimum absolute atomic E-state index is 0.172. The van der Waals surface area contributed by atoms with E-state index in [0.29, 0.717) is 18.8 Å². The summed E-state index contributed by atoms with van der Waals surface area (Å²) in [5.74, 6) is -0.172. The van der Waals surface area contributed by atoms with Crippen molar-refractivity contribution in [3.8, 4) is 6.07 Å². The maximum Gasteiger partial charge on any atom is 0.182 e. The van der Waals surface area contributed by atoms with Crippen LogP contribution in [0.5, 0.6) is 0 Å². The van der Waals surface area contributed by atoms with Gasteiger partial charge < -0.3 is 19.5 Å². The van der Waals surface area contributed by atoms with Gasteiger partial charge in [-0.05, 0) is 12.8 Å². The molecule has 1 heterocycles. The first-order valence-electron chi connectivity index (χ1n) is 6.61. The van der Waals surface area contributed by atoms with Crippen LogP contribution in [0.4, 0.5) is 0 Å². The zero-order valence-corrected chi connectivity index (χ0v) is 11.2. The number of methoxy groups -OCH3 is 1. The highest BCUT2D eigenvalue weighted by Gasteiger charge is 2.25. The number of hydrogen-bond donors (Lipinski definition) is 1. The van der Waals surface area contributed by atoms with E-state index < -0.39 is 6.29 Å². The second-order valence-corrected chi connectivity index (χ2v) is 4.71. The van der Waals surface area contributed by atoms with Crippen LogP contribution in [-0.4, -0.2) is 49.7 Å². The summed E-state index contributed by atoms with van der Waals surface area (Å²) in [5, 5.41) is 19.1. The molecule has 0 amide bonds. The fourth-order valence-corrected chi connectivity index (χ4v) is 2.46. The average molecular weight is 264 g/mol. The molecule has 0 bridgehead atoms. The van der Waals surface area contributed by atoms with Crippen LogP contribution in [0.3, 0.4) is 0 Å². The number of aliphatic hydroxyl groups is 1. The molecule has 0 spiro atoms. The number of ether oxygens (including phenoxy) is 2. The van der Waals surface area contributed by atoms with Crippen LogP contribution in [-0.2, 0) is 9.47 Å². The highest BCUT2D eigenvalue weighted by atomic mass is 16.6. The Hall–Kier alpha value is -1.35. The third kappa shape index (κ3) is 3.35. The summed E-state index contributed by atoms with van der Waals surface area (Å²) in [5.41, 5.74) is 1.68. The lowest BCUT2D eigenvalue weighted by atomic mass is 10.0. The molecule has 1 fully saturated rings. The van der Waals surface area contributed by atoms with E-state index in [2.05, 4.69) is 17.0 Å². The van der Waals surface area contributed by atoms with Gasteiger partial charge in [-0.2, -0.15) is 5.26 Å². The molecule has 1 N–H and O–H groups in total. The number of allylic oxidation sites excluding steroid dienone is 2. The molecule has 1 aliphatic carbocycles. The number of morpholine rings is 1. The lowest BCUT2D eigenvalue weighted by Gasteiger charge is -2.33. The highest BCUT2D eigenvalue weighted by molar-refractivity contribution is 5.35. The van der Waals surface area contributed by atoms with Crippen molar-refractivity contribution in [2.45, 2.75) is 19.1 Å². The fourth-order valence-electron chi connectivity index (χ4n) is 2.46. The van der Waals surface area contributed by atoms with Gasteiger partial charge in [-0.25, -0.2) is 0 Å². The number of aliphatic hydroxyl groups excluding tert-OH is 1. The Bertz CT molecular complexity index is 405. The molecule has 0 aromatic heterocycles. The minimum atomic E-state index is -0.983. The molecule has 1 unspecified atom stereocenters. The van der Waals surface area contributed by atoms with Gasteiger partial charge in [0.2, 0.25) is 0 Å². The zero-order chi connectivity index (χ0) is 13.7. The van der Waals surface area contributed by atoms with Gasteiger partial charge >= 0.3 is 0 Å². The first-order chi connectivity index (χ1) is 9.26. The van der Waals surface area contributed by atoms with Crippen LogP contribution in [0.25, 0.3) is 0 Å². The molecule has 0 aromatic carbocycles. The first-order valence-corrected chi connectivity index (χ1v) is 6.61. The Morgan fingerprint density at radius 1 is 1.53 bits per heavy atom. The lowest BCUT2D eigenvalue weighted by Crippen LogP contribution is -2.37. The van der Waals surface area contributed by atoms with E-state index in [0.717, 1.165) is 31.6 Å². The first kappa shape index (κ1) is 14.1. The van der Waals surface area contributed by atoms with Crippen molar-refractivity contribution in [2.75, 3.05) is 33.4 Å². The molecule has 1 aliphatic heterocycles. The average Bonchev–Trinajstić information content (AvgIpc) is 2.69. The van der Waals surface area contributed by atoms with E-state index in [1.165, 1.54) is 7.11 Å². The van der Waals surface area contributed by atoms with E-state index in [1.54, 1.807) is 0 Å². The predicted molar refractivity (Wildman–Crippen MR) is 69.9 cm³/mol. The second kappa shape index (κ2) is 6.71. The van der Waals surface area contributed by atoms with Crippen LogP contribution < -0.4 is 0 Å². The van der Waals surface area contributed by atoms with Crippen molar-refractivity contribution < 1.29 is 14.6 Å². The molecule has 0 aromatic rings.